The van der Waals surface area contributed by atoms with Crippen molar-refractivity contribution in [2.75, 3.05) is 13.1 Å². The van der Waals surface area contributed by atoms with Gasteiger partial charge in [0.05, 0.1) is 11.6 Å². The van der Waals surface area contributed by atoms with Crippen molar-refractivity contribution in [2.45, 2.75) is 63.9 Å². The largest absolute Gasteiger partial charge is 0.544 e. The maximum Gasteiger partial charge on any atom is 0.407 e. The smallest absolute Gasteiger partial charge is 0.407 e. The quantitative estimate of drug-likeness (QED) is 0.231. The Bertz CT molecular complexity index is 1380. The Labute approximate surface area is 248 Å². The number of benzene rings is 3. The molecular weight excluding hydrogens is 548 g/mol. The molecule has 8 nitrogen and oxygen atoms in total. The van der Waals surface area contributed by atoms with Gasteiger partial charge in [0.25, 0.3) is 5.91 Å². The number of carbonyl (C=O) groups excluding carboxylic acids is 2. The Balaban J connectivity index is 1.47. The molecule has 2 N–H and O–H groups in total. The third-order valence-corrected chi connectivity index (χ3v) is 12.5. The van der Waals surface area contributed by atoms with Crippen LogP contribution in [-0.2, 0) is 4.74 Å². The van der Waals surface area contributed by atoms with Gasteiger partial charge in [-0.15, -0.1) is 0 Å². The summed E-state index contributed by atoms with van der Waals surface area (Å²) in [6.45, 7) is 11.1. The lowest BCUT2D eigenvalue weighted by molar-refractivity contribution is 0.0179. The van der Waals surface area contributed by atoms with Crippen LogP contribution in [-0.4, -0.2) is 61.5 Å². The Kier molecular flexibility index (Phi) is 9.41. The van der Waals surface area contributed by atoms with Gasteiger partial charge in [-0.25, -0.2) is 9.59 Å². The lowest BCUT2D eigenvalue weighted by atomic mass is 10.0. The van der Waals surface area contributed by atoms with Gasteiger partial charge in [-0.3, -0.25) is 4.79 Å². The van der Waals surface area contributed by atoms with E-state index in [9.17, 15) is 19.5 Å². The van der Waals surface area contributed by atoms with Crippen LogP contribution in [0.3, 0.4) is 0 Å². The molecule has 1 aliphatic heterocycles. The SMILES string of the molecule is CC(C)(C)[Si](C)(C)Oc1ccc(C(=O)N[C@@H]2CN(C(=O)O)CCC[C@H]2OC(=O)c2ccc(-c3ccccc3)cc2)cc1. The van der Waals surface area contributed by atoms with Crippen molar-refractivity contribution in [3.05, 3.63) is 90.0 Å². The van der Waals surface area contributed by atoms with Crippen LogP contribution in [0.4, 0.5) is 4.79 Å². The second kappa shape index (κ2) is 12.8. The summed E-state index contributed by atoms with van der Waals surface area (Å²) in [6.07, 6.45) is -0.851. The number of ether oxygens (including phenoxy) is 1. The van der Waals surface area contributed by atoms with Crippen LogP contribution < -0.4 is 9.74 Å². The van der Waals surface area contributed by atoms with Gasteiger partial charge in [0.1, 0.15) is 11.9 Å². The molecule has 3 aromatic rings. The summed E-state index contributed by atoms with van der Waals surface area (Å²) in [6, 6.07) is 23.2. The molecule has 2 atom stereocenters. The number of hydrogen-bond acceptors (Lipinski definition) is 5. The van der Waals surface area contributed by atoms with E-state index in [4.69, 9.17) is 9.16 Å². The number of esters is 1. The van der Waals surface area contributed by atoms with Gasteiger partial charge in [0, 0.05) is 18.7 Å². The molecule has 0 spiro atoms. The molecule has 0 radical (unpaired) electrons. The summed E-state index contributed by atoms with van der Waals surface area (Å²) in [7, 11) is -2.03. The first-order chi connectivity index (χ1) is 19.8. The highest BCUT2D eigenvalue weighted by Gasteiger charge is 2.39. The fourth-order valence-corrected chi connectivity index (χ4v) is 5.62. The van der Waals surface area contributed by atoms with Crippen LogP contribution in [0.25, 0.3) is 11.1 Å². The second-order valence-electron chi connectivity index (χ2n) is 12.2. The van der Waals surface area contributed by atoms with E-state index in [1.807, 2.05) is 42.5 Å². The minimum absolute atomic E-state index is 0.0124. The summed E-state index contributed by atoms with van der Waals surface area (Å²) < 4.78 is 12.2. The van der Waals surface area contributed by atoms with E-state index in [0.717, 1.165) is 11.1 Å². The third-order valence-electron chi connectivity index (χ3n) is 8.15. The fraction of sp³-hybridized carbons (Fsp3) is 0.364. The highest BCUT2D eigenvalue weighted by molar-refractivity contribution is 6.74. The van der Waals surface area contributed by atoms with Crippen molar-refractivity contribution in [3.63, 3.8) is 0 Å². The maximum atomic E-state index is 13.3. The van der Waals surface area contributed by atoms with Gasteiger partial charge < -0.3 is 24.5 Å². The van der Waals surface area contributed by atoms with Crippen LogP contribution in [0.15, 0.2) is 78.9 Å². The zero-order valence-electron chi connectivity index (χ0n) is 24.9. The van der Waals surface area contributed by atoms with Crippen molar-refractivity contribution in [2.24, 2.45) is 0 Å². The molecule has 1 fully saturated rings. The zero-order chi connectivity index (χ0) is 30.5. The van der Waals surface area contributed by atoms with Crippen molar-refractivity contribution in [1.29, 1.82) is 0 Å². The Morgan fingerprint density at radius 2 is 1.48 bits per heavy atom. The Morgan fingerprint density at radius 1 is 0.881 bits per heavy atom. The predicted molar refractivity (Wildman–Crippen MR) is 165 cm³/mol. The average molecular weight is 589 g/mol. The van der Waals surface area contributed by atoms with E-state index >= 15 is 0 Å². The topological polar surface area (TPSA) is 105 Å². The molecule has 4 rings (SSSR count). The van der Waals surface area contributed by atoms with Crippen LogP contribution in [0.5, 0.6) is 5.75 Å². The summed E-state index contributed by atoms with van der Waals surface area (Å²) in [5, 5.41) is 12.6. The highest BCUT2D eigenvalue weighted by atomic mass is 28.4. The fourth-order valence-electron chi connectivity index (χ4n) is 4.59. The minimum Gasteiger partial charge on any atom is -0.544 e. The van der Waals surface area contributed by atoms with E-state index in [-0.39, 0.29) is 17.5 Å². The minimum atomic E-state index is -2.03. The third kappa shape index (κ3) is 7.58. The van der Waals surface area contributed by atoms with Gasteiger partial charge in [0.15, 0.2) is 0 Å². The molecule has 42 heavy (non-hydrogen) atoms. The summed E-state index contributed by atoms with van der Waals surface area (Å²) in [4.78, 5) is 39.5. The number of nitrogens with one attached hydrogen (secondary N) is 1. The molecule has 2 amide bonds. The monoisotopic (exact) mass is 588 g/mol. The molecule has 222 valence electrons. The normalized spacial score (nSPS) is 17.6. The van der Waals surface area contributed by atoms with Gasteiger partial charge in [0.2, 0.25) is 8.32 Å². The molecule has 1 heterocycles. The predicted octanol–water partition coefficient (Wildman–Crippen LogP) is 6.84. The van der Waals surface area contributed by atoms with Crippen LogP contribution in [0.2, 0.25) is 18.1 Å². The van der Waals surface area contributed by atoms with E-state index in [1.165, 1.54) is 4.90 Å². The van der Waals surface area contributed by atoms with Gasteiger partial charge in [-0.1, -0.05) is 63.2 Å². The molecule has 1 aliphatic rings. The van der Waals surface area contributed by atoms with Crippen molar-refractivity contribution >= 4 is 26.3 Å². The van der Waals surface area contributed by atoms with E-state index < -0.39 is 32.5 Å². The highest BCUT2D eigenvalue weighted by Crippen LogP contribution is 2.37. The maximum absolute atomic E-state index is 13.3. The Hall–Kier alpha value is -4.11. The van der Waals surface area contributed by atoms with Gasteiger partial charge in [-0.05, 0) is 78.5 Å². The zero-order valence-corrected chi connectivity index (χ0v) is 25.9. The first kappa shape index (κ1) is 30.8. The summed E-state index contributed by atoms with van der Waals surface area (Å²) in [5.41, 5.74) is 2.81. The second-order valence-corrected chi connectivity index (χ2v) is 16.9. The first-order valence-electron chi connectivity index (χ1n) is 14.3. The standard InChI is InChI=1S/C33H40N2O6Si/c1-33(2,3)42(4,5)41-27-19-17-25(18-20-27)30(36)34-28-22-35(32(38)39)21-9-12-29(28)40-31(37)26-15-13-24(14-16-26)23-10-7-6-8-11-23/h6-8,10-11,13-20,28-29H,9,12,21-22H2,1-5H3,(H,34,36)(H,38,39)/t28-,29-/m1/s1. The molecule has 0 unspecified atom stereocenters. The van der Waals surface area contributed by atoms with Crippen molar-refractivity contribution in [3.8, 4) is 16.9 Å². The van der Waals surface area contributed by atoms with Crippen LogP contribution in [0.1, 0.15) is 54.3 Å². The van der Waals surface area contributed by atoms with Crippen LogP contribution in [0, 0.1) is 0 Å². The number of carboxylic acid groups (broad SMARTS) is 1. The molecule has 0 aromatic heterocycles. The number of likely N-dealkylation sites (tertiary alicyclic amines) is 1. The number of rotatable bonds is 7. The van der Waals surface area contributed by atoms with E-state index in [1.54, 1.807) is 36.4 Å². The van der Waals surface area contributed by atoms with Gasteiger partial charge in [-0.2, -0.15) is 0 Å². The first-order valence-corrected chi connectivity index (χ1v) is 17.2. The van der Waals surface area contributed by atoms with Gasteiger partial charge >= 0.3 is 12.1 Å². The summed E-state index contributed by atoms with van der Waals surface area (Å²) >= 11 is 0. The molecule has 0 bridgehead atoms. The number of nitrogens with zero attached hydrogens (tertiary/aromatic N) is 1. The van der Waals surface area contributed by atoms with Crippen molar-refractivity contribution in [1.82, 2.24) is 10.2 Å². The lowest BCUT2D eigenvalue weighted by Gasteiger charge is -2.36. The number of carbonyl (C=O) groups is 3. The molecule has 0 aliphatic carbocycles. The van der Waals surface area contributed by atoms with E-state index in [2.05, 4.69) is 39.2 Å². The Morgan fingerprint density at radius 3 is 2.07 bits per heavy atom. The molecular formula is C33H40N2O6Si. The molecule has 3 aromatic carbocycles. The summed E-state index contributed by atoms with van der Waals surface area (Å²) in [5.74, 6) is -0.191. The molecule has 9 heteroatoms. The molecule has 0 saturated carbocycles. The average Bonchev–Trinajstić information content (AvgIpc) is 3.15. The molecule has 1 saturated heterocycles. The lowest BCUT2D eigenvalue weighted by Crippen LogP contribution is -2.51. The van der Waals surface area contributed by atoms with E-state index in [0.29, 0.717) is 36.3 Å². The van der Waals surface area contributed by atoms with Crippen LogP contribution >= 0.6 is 0 Å². The number of hydrogen-bond donors (Lipinski definition) is 2. The number of amides is 2. The van der Waals surface area contributed by atoms with Crippen molar-refractivity contribution < 1.29 is 28.7 Å².